The summed E-state index contributed by atoms with van der Waals surface area (Å²) >= 11 is 0. The number of nitriles is 1. The number of anilines is 1. The van der Waals surface area contributed by atoms with Crippen LogP contribution in [-0.2, 0) is 6.54 Å². The molecule has 1 aromatic carbocycles. The molecule has 90 valence electrons. The SMILES string of the molecule is N#Cc1ccc(NCc2c(F)cccc2F)nn1. The number of hydrogen-bond acceptors (Lipinski definition) is 4. The first-order valence-corrected chi connectivity index (χ1v) is 5.11. The predicted octanol–water partition coefficient (Wildman–Crippen LogP) is 2.24. The van der Waals surface area contributed by atoms with Crippen LogP contribution in [0, 0.1) is 23.0 Å². The highest BCUT2D eigenvalue weighted by molar-refractivity contribution is 5.36. The molecule has 6 heteroatoms. The summed E-state index contributed by atoms with van der Waals surface area (Å²) in [6.45, 7) is -0.0426. The molecule has 0 aliphatic rings. The van der Waals surface area contributed by atoms with Crippen LogP contribution in [0.4, 0.5) is 14.6 Å². The summed E-state index contributed by atoms with van der Waals surface area (Å²) in [5, 5.41) is 18.6. The lowest BCUT2D eigenvalue weighted by Crippen LogP contribution is -2.06. The van der Waals surface area contributed by atoms with Crippen molar-refractivity contribution in [3.63, 3.8) is 0 Å². The molecule has 4 nitrogen and oxygen atoms in total. The summed E-state index contributed by atoms with van der Waals surface area (Å²) in [5.41, 5.74) is 0.112. The van der Waals surface area contributed by atoms with E-state index in [0.717, 1.165) is 0 Å². The van der Waals surface area contributed by atoms with E-state index in [4.69, 9.17) is 5.26 Å². The molecule has 1 heterocycles. The Morgan fingerprint density at radius 1 is 1.11 bits per heavy atom. The second-order valence-electron chi connectivity index (χ2n) is 3.47. The molecule has 2 aromatic rings. The van der Waals surface area contributed by atoms with Gasteiger partial charge in [0.15, 0.2) is 5.69 Å². The molecule has 0 saturated carbocycles. The molecule has 1 aromatic heterocycles. The minimum Gasteiger partial charge on any atom is -0.364 e. The molecule has 0 unspecified atom stereocenters. The standard InChI is InChI=1S/C12H8F2N4/c13-10-2-1-3-11(14)9(10)7-16-12-5-4-8(6-15)17-18-12/h1-5H,7H2,(H,16,18). The zero-order chi connectivity index (χ0) is 13.0. The Bertz CT molecular complexity index is 570. The van der Waals surface area contributed by atoms with Crippen molar-refractivity contribution in [3.8, 4) is 6.07 Å². The Hall–Kier alpha value is -2.55. The van der Waals surface area contributed by atoms with Gasteiger partial charge in [0, 0.05) is 12.1 Å². The second kappa shape index (κ2) is 5.19. The number of hydrogen-bond donors (Lipinski definition) is 1. The molecule has 0 bridgehead atoms. The van der Waals surface area contributed by atoms with Crippen molar-refractivity contribution in [2.75, 3.05) is 5.32 Å². The lowest BCUT2D eigenvalue weighted by Gasteiger charge is -2.06. The molecular weight excluding hydrogens is 238 g/mol. The highest BCUT2D eigenvalue weighted by Gasteiger charge is 2.08. The van der Waals surface area contributed by atoms with Gasteiger partial charge in [0.2, 0.25) is 0 Å². The molecular formula is C12H8F2N4. The van der Waals surface area contributed by atoms with Gasteiger partial charge in [-0.2, -0.15) is 5.26 Å². The summed E-state index contributed by atoms with van der Waals surface area (Å²) in [7, 11) is 0. The van der Waals surface area contributed by atoms with Gasteiger partial charge in [-0.25, -0.2) is 8.78 Å². The van der Waals surface area contributed by atoms with Crippen LogP contribution >= 0.6 is 0 Å². The molecule has 0 saturated heterocycles. The normalized spacial score (nSPS) is 9.83. The van der Waals surface area contributed by atoms with E-state index in [1.54, 1.807) is 0 Å². The predicted molar refractivity (Wildman–Crippen MR) is 60.4 cm³/mol. The van der Waals surface area contributed by atoms with E-state index in [9.17, 15) is 8.78 Å². The summed E-state index contributed by atoms with van der Waals surface area (Å²) < 4.78 is 26.6. The first-order chi connectivity index (χ1) is 8.70. The summed E-state index contributed by atoms with van der Waals surface area (Å²) in [4.78, 5) is 0. The number of nitrogens with zero attached hydrogens (tertiary/aromatic N) is 3. The van der Waals surface area contributed by atoms with Crippen LogP contribution in [0.1, 0.15) is 11.3 Å². The van der Waals surface area contributed by atoms with Crippen LogP contribution in [0.3, 0.4) is 0 Å². The van der Waals surface area contributed by atoms with Gasteiger partial charge >= 0.3 is 0 Å². The maximum atomic E-state index is 13.3. The Balaban J connectivity index is 2.09. The molecule has 0 fully saturated rings. The van der Waals surface area contributed by atoms with E-state index < -0.39 is 11.6 Å². The highest BCUT2D eigenvalue weighted by atomic mass is 19.1. The van der Waals surface area contributed by atoms with Crippen molar-refractivity contribution in [2.24, 2.45) is 0 Å². The van der Waals surface area contributed by atoms with Crippen LogP contribution in [-0.4, -0.2) is 10.2 Å². The molecule has 0 atom stereocenters. The van der Waals surface area contributed by atoms with E-state index in [1.165, 1.54) is 30.3 Å². The Morgan fingerprint density at radius 3 is 2.39 bits per heavy atom. The van der Waals surface area contributed by atoms with Gasteiger partial charge in [-0.3, -0.25) is 0 Å². The van der Waals surface area contributed by atoms with Gasteiger partial charge in [-0.05, 0) is 24.3 Å². The van der Waals surface area contributed by atoms with Gasteiger partial charge in [0.25, 0.3) is 0 Å². The quantitative estimate of drug-likeness (QED) is 0.902. The van der Waals surface area contributed by atoms with Gasteiger partial charge < -0.3 is 5.32 Å². The number of aromatic nitrogens is 2. The number of rotatable bonds is 3. The third-order valence-electron chi connectivity index (χ3n) is 2.29. The average molecular weight is 246 g/mol. The first kappa shape index (κ1) is 11.9. The molecule has 18 heavy (non-hydrogen) atoms. The maximum Gasteiger partial charge on any atom is 0.163 e. The van der Waals surface area contributed by atoms with Crippen LogP contribution in [0.25, 0.3) is 0 Å². The third kappa shape index (κ3) is 2.58. The van der Waals surface area contributed by atoms with Crippen LogP contribution in [0.5, 0.6) is 0 Å². The first-order valence-electron chi connectivity index (χ1n) is 5.11. The van der Waals surface area contributed by atoms with Crippen molar-refractivity contribution < 1.29 is 8.78 Å². The largest absolute Gasteiger partial charge is 0.364 e. The third-order valence-corrected chi connectivity index (χ3v) is 2.29. The van der Waals surface area contributed by atoms with Crippen LogP contribution in [0.2, 0.25) is 0 Å². The topological polar surface area (TPSA) is 61.6 Å². The fourth-order valence-electron chi connectivity index (χ4n) is 1.37. The smallest absolute Gasteiger partial charge is 0.163 e. The summed E-state index contributed by atoms with van der Waals surface area (Å²) in [6.07, 6.45) is 0. The van der Waals surface area contributed by atoms with Gasteiger partial charge in [0.1, 0.15) is 23.5 Å². The lowest BCUT2D eigenvalue weighted by molar-refractivity contribution is 0.560. The lowest BCUT2D eigenvalue weighted by atomic mass is 10.2. The van der Waals surface area contributed by atoms with Gasteiger partial charge in [0.05, 0.1) is 0 Å². The Morgan fingerprint density at radius 2 is 1.83 bits per heavy atom. The monoisotopic (exact) mass is 246 g/mol. The summed E-state index contributed by atoms with van der Waals surface area (Å²) in [5.74, 6) is -0.898. The molecule has 0 radical (unpaired) electrons. The number of nitrogens with one attached hydrogen (secondary N) is 1. The Labute approximate surface area is 102 Å². The van der Waals surface area contributed by atoms with Crippen molar-refractivity contribution >= 4 is 5.82 Å². The number of benzene rings is 1. The molecule has 2 rings (SSSR count). The van der Waals surface area contributed by atoms with E-state index in [-0.39, 0.29) is 17.8 Å². The van der Waals surface area contributed by atoms with Gasteiger partial charge in [-0.15, -0.1) is 10.2 Å². The van der Waals surface area contributed by atoms with E-state index in [1.807, 2.05) is 6.07 Å². The zero-order valence-electron chi connectivity index (χ0n) is 9.19. The molecule has 0 spiro atoms. The van der Waals surface area contributed by atoms with Crippen LogP contribution in [0.15, 0.2) is 30.3 Å². The minimum atomic E-state index is -0.621. The van der Waals surface area contributed by atoms with E-state index >= 15 is 0 Å². The fourth-order valence-corrected chi connectivity index (χ4v) is 1.37. The summed E-state index contributed by atoms with van der Waals surface area (Å²) in [6, 6.07) is 8.48. The highest BCUT2D eigenvalue weighted by Crippen LogP contribution is 2.13. The van der Waals surface area contributed by atoms with Crippen molar-refractivity contribution in [2.45, 2.75) is 6.54 Å². The molecule has 0 aliphatic carbocycles. The van der Waals surface area contributed by atoms with Crippen molar-refractivity contribution in [1.29, 1.82) is 5.26 Å². The van der Waals surface area contributed by atoms with Crippen molar-refractivity contribution in [1.82, 2.24) is 10.2 Å². The molecule has 1 N–H and O–H groups in total. The van der Waals surface area contributed by atoms with E-state index in [2.05, 4.69) is 15.5 Å². The van der Waals surface area contributed by atoms with Gasteiger partial charge in [-0.1, -0.05) is 6.07 Å². The zero-order valence-corrected chi connectivity index (χ0v) is 9.19. The van der Waals surface area contributed by atoms with Crippen LogP contribution < -0.4 is 5.32 Å². The minimum absolute atomic E-state index is 0.0426. The van der Waals surface area contributed by atoms with Crippen molar-refractivity contribution in [3.05, 3.63) is 53.2 Å². The number of halogens is 2. The molecule has 0 aliphatic heterocycles. The van der Waals surface area contributed by atoms with E-state index in [0.29, 0.717) is 5.82 Å². The average Bonchev–Trinajstić information content (AvgIpc) is 2.39. The fraction of sp³-hybridized carbons (Fsp3) is 0.0833. The molecule has 0 amide bonds. The Kier molecular flexibility index (Phi) is 3.44. The second-order valence-corrected chi connectivity index (χ2v) is 3.47. The maximum absolute atomic E-state index is 13.3.